The zero-order chi connectivity index (χ0) is 26.2. The molecule has 1 aliphatic rings. The number of esters is 1. The minimum absolute atomic E-state index is 0.0741. The van der Waals surface area contributed by atoms with Crippen molar-refractivity contribution in [2.75, 3.05) is 19.0 Å². The van der Waals surface area contributed by atoms with Crippen LogP contribution in [0.3, 0.4) is 0 Å². The zero-order valence-electron chi connectivity index (χ0n) is 19.3. The van der Waals surface area contributed by atoms with Gasteiger partial charge in [-0.1, -0.05) is 0 Å². The second-order valence-corrected chi connectivity index (χ2v) is 9.99. The number of rotatable bonds is 10. The van der Waals surface area contributed by atoms with E-state index >= 15 is 0 Å². The molecule has 0 saturated heterocycles. The van der Waals surface area contributed by atoms with Crippen molar-refractivity contribution in [2.24, 2.45) is 5.92 Å². The van der Waals surface area contributed by atoms with Gasteiger partial charge in [-0.05, 0) is 30.9 Å². The first-order valence-corrected chi connectivity index (χ1v) is 12.5. The summed E-state index contributed by atoms with van der Waals surface area (Å²) in [6.45, 7) is 0.138. The Morgan fingerprint density at radius 3 is 2.62 bits per heavy atom. The molecule has 37 heavy (non-hydrogen) atoms. The van der Waals surface area contributed by atoms with Gasteiger partial charge in [-0.3, -0.25) is 4.79 Å². The molecule has 0 spiro atoms. The van der Waals surface area contributed by atoms with E-state index in [1.807, 2.05) is 0 Å². The Bertz CT molecular complexity index is 1550. The van der Waals surface area contributed by atoms with Crippen LogP contribution in [0.15, 0.2) is 40.2 Å². The molecule has 0 amide bonds. The van der Waals surface area contributed by atoms with Crippen LogP contribution in [0.2, 0.25) is 0 Å². The molecule has 1 aliphatic carbocycles. The maximum Gasteiger partial charge on any atom is 0.325 e. The van der Waals surface area contributed by atoms with Crippen molar-refractivity contribution in [3.8, 4) is 11.5 Å². The molecule has 0 unspecified atom stereocenters. The lowest BCUT2D eigenvalue weighted by molar-refractivity contribution is -0.141. The highest BCUT2D eigenvalue weighted by atomic mass is 32.2. The standard InChI is InChI=1S/C21H20F2N8O5S/c1-35-16(32)9-31-10-26-17-14(31)4-13(5-15(17)37(33,34)27-6-11-2-3-11)28-21-24-7-12(8-25-21)19-29-30-20(36-19)18(22)23/h4-5,7-8,10-11,18,27H,2-3,6,9H2,1H3,(H,24,25,28). The number of halogens is 2. The predicted molar refractivity (Wildman–Crippen MR) is 123 cm³/mol. The third-order valence-corrected chi connectivity index (χ3v) is 6.99. The molecule has 3 heterocycles. The topological polar surface area (TPSA) is 167 Å². The highest BCUT2D eigenvalue weighted by Crippen LogP contribution is 2.31. The number of benzene rings is 1. The summed E-state index contributed by atoms with van der Waals surface area (Å²) in [5.74, 6) is -1.15. The molecule has 194 valence electrons. The van der Waals surface area contributed by atoms with Crippen LogP contribution >= 0.6 is 0 Å². The van der Waals surface area contributed by atoms with Gasteiger partial charge in [0.2, 0.25) is 16.0 Å². The van der Waals surface area contributed by atoms with Crippen molar-refractivity contribution in [3.63, 3.8) is 0 Å². The number of ether oxygens (including phenoxy) is 1. The van der Waals surface area contributed by atoms with E-state index in [4.69, 9.17) is 9.15 Å². The van der Waals surface area contributed by atoms with E-state index in [2.05, 4.69) is 35.2 Å². The Kier molecular flexibility index (Phi) is 6.51. The van der Waals surface area contributed by atoms with Crippen LogP contribution in [0.5, 0.6) is 0 Å². The van der Waals surface area contributed by atoms with Crippen LogP contribution in [0, 0.1) is 5.92 Å². The summed E-state index contributed by atoms with van der Waals surface area (Å²) in [7, 11) is -2.69. The molecule has 0 atom stereocenters. The number of methoxy groups -OCH3 is 1. The molecule has 0 aliphatic heterocycles. The molecule has 1 fully saturated rings. The lowest BCUT2D eigenvalue weighted by atomic mass is 10.2. The van der Waals surface area contributed by atoms with Gasteiger partial charge >= 0.3 is 12.4 Å². The highest BCUT2D eigenvalue weighted by molar-refractivity contribution is 7.89. The molecule has 0 radical (unpaired) electrons. The van der Waals surface area contributed by atoms with Gasteiger partial charge in [-0.15, -0.1) is 10.2 Å². The summed E-state index contributed by atoms with van der Waals surface area (Å²) in [6, 6.07) is 2.98. The fraction of sp³-hybridized carbons (Fsp3) is 0.333. The number of hydrogen-bond acceptors (Lipinski definition) is 11. The maximum absolute atomic E-state index is 13.1. The van der Waals surface area contributed by atoms with E-state index < -0.39 is 28.3 Å². The van der Waals surface area contributed by atoms with Crippen molar-refractivity contribution < 1.29 is 31.1 Å². The smallest absolute Gasteiger partial charge is 0.325 e. The Labute approximate surface area is 208 Å². The number of anilines is 2. The van der Waals surface area contributed by atoms with E-state index in [-0.39, 0.29) is 34.4 Å². The fourth-order valence-electron chi connectivity index (χ4n) is 3.44. The van der Waals surface area contributed by atoms with Gasteiger partial charge in [0.25, 0.3) is 11.8 Å². The number of alkyl halides is 2. The molecule has 1 aromatic carbocycles. The van der Waals surface area contributed by atoms with Crippen LogP contribution in [0.25, 0.3) is 22.5 Å². The van der Waals surface area contributed by atoms with E-state index in [0.717, 1.165) is 12.8 Å². The summed E-state index contributed by atoms with van der Waals surface area (Å²) < 4.78 is 65.3. The van der Waals surface area contributed by atoms with Gasteiger partial charge in [0.15, 0.2) is 0 Å². The number of nitrogens with one attached hydrogen (secondary N) is 2. The molecule has 5 rings (SSSR count). The SMILES string of the molecule is COC(=O)Cn1cnc2c(S(=O)(=O)NCC3CC3)cc(Nc3ncc(-c4nnc(C(F)F)o4)cn3)cc21. The van der Waals surface area contributed by atoms with E-state index in [1.165, 1.54) is 36.5 Å². The minimum atomic E-state index is -3.94. The van der Waals surface area contributed by atoms with Gasteiger partial charge in [0.05, 0.1) is 24.5 Å². The van der Waals surface area contributed by atoms with E-state index in [0.29, 0.717) is 23.7 Å². The number of hydrogen-bond donors (Lipinski definition) is 2. The Morgan fingerprint density at radius 1 is 1.22 bits per heavy atom. The molecular weight excluding hydrogens is 514 g/mol. The molecule has 16 heteroatoms. The number of aromatic nitrogens is 6. The monoisotopic (exact) mass is 534 g/mol. The lowest BCUT2D eigenvalue weighted by Crippen LogP contribution is -2.26. The van der Waals surface area contributed by atoms with Crippen LogP contribution in [0.1, 0.15) is 25.2 Å². The number of sulfonamides is 1. The summed E-state index contributed by atoms with van der Waals surface area (Å²) in [6.07, 6.45) is 2.95. The van der Waals surface area contributed by atoms with Crippen molar-refractivity contribution in [3.05, 3.63) is 36.7 Å². The molecule has 2 N–H and O–H groups in total. The van der Waals surface area contributed by atoms with Crippen molar-refractivity contribution in [1.82, 2.24) is 34.4 Å². The number of fused-ring (bicyclic) bond motifs is 1. The first-order chi connectivity index (χ1) is 17.7. The van der Waals surface area contributed by atoms with Crippen molar-refractivity contribution >= 4 is 38.7 Å². The Hall–Kier alpha value is -4.05. The first kappa shape index (κ1) is 24.6. The molecule has 3 aromatic heterocycles. The third-order valence-electron chi connectivity index (χ3n) is 5.55. The fourth-order valence-corrected chi connectivity index (χ4v) is 4.74. The lowest BCUT2D eigenvalue weighted by Gasteiger charge is -2.12. The second kappa shape index (κ2) is 9.78. The molecular formula is C21H20F2N8O5S. The van der Waals surface area contributed by atoms with E-state index in [1.54, 1.807) is 6.07 Å². The second-order valence-electron chi connectivity index (χ2n) is 8.25. The maximum atomic E-state index is 13.1. The average molecular weight is 535 g/mol. The number of carbonyl (C=O) groups is 1. The zero-order valence-corrected chi connectivity index (χ0v) is 20.1. The van der Waals surface area contributed by atoms with E-state index in [9.17, 15) is 22.0 Å². The quantitative estimate of drug-likeness (QED) is 0.287. The van der Waals surface area contributed by atoms with Gasteiger partial charge in [0.1, 0.15) is 17.0 Å². The van der Waals surface area contributed by atoms with Gasteiger partial charge < -0.3 is 19.0 Å². The molecule has 0 bridgehead atoms. The van der Waals surface area contributed by atoms with Gasteiger partial charge in [-0.25, -0.2) is 28.1 Å². The molecule has 1 saturated carbocycles. The number of imidazole rings is 1. The summed E-state index contributed by atoms with van der Waals surface area (Å²) in [5.41, 5.74) is 1.06. The van der Waals surface area contributed by atoms with Crippen LogP contribution in [-0.4, -0.2) is 57.8 Å². The predicted octanol–water partition coefficient (Wildman–Crippen LogP) is 2.42. The Morgan fingerprint density at radius 2 is 1.97 bits per heavy atom. The molecule has 13 nitrogen and oxygen atoms in total. The van der Waals surface area contributed by atoms with Crippen LogP contribution in [-0.2, 0) is 26.1 Å². The Balaban J connectivity index is 1.47. The number of nitrogens with zero attached hydrogens (tertiary/aromatic N) is 6. The van der Waals surface area contributed by atoms with Crippen LogP contribution < -0.4 is 10.0 Å². The van der Waals surface area contributed by atoms with Gasteiger partial charge in [-0.2, -0.15) is 8.78 Å². The average Bonchev–Trinajstić information content (AvgIpc) is 3.43. The first-order valence-electron chi connectivity index (χ1n) is 11.0. The third kappa shape index (κ3) is 5.39. The summed E-state index contributed by atoms with van der Waals surface area (Å²) in [4.78, 5) is 24.2. The summed E-state index contributed by atoms with van der Waals surface area (Å²) in [5, 5.41) is 9.72. The van der Waals surface area contributed by atoms with Crippen molar-refractivity contribution in [1.29, 1.82) is 0 Å². The van der Waals surface area contributed by atoms with Gasteiger partial charge in [0, 0.05) is 24.6 Å². The molecule has 4 aromatic rings. The normalized spacial score (nSPS) is 13.8. The largest absolute Gasteiger partial charge is 0.468 e. The minimum Gasteiger partial charge on any atom is -0.468 e. The number of carbonyl (C=O) groups excluding carboxylic acids is 1. The highest BCUT2D eigenvalue weighted by Gasteiger charge is 2.27. The van der Waals surface area contributed by atoms with Crippen molar-refractivity contribution in [2.45, 2.75) is 30.7 Å². The summed E-state index contributed by atoms with van der Waals surface area (Å²) >= 11 is 0. The van der Waals surface area contributed by atoms with Crippen LogP contribution in [0.4, 0.5) is 20.4 Å².